The average molecular weight is 182 g/mol. The Kier molecular flexibility index (Phi) is 3.48. The van der Waals surface area contributed by atoms with E-state index in [0.29, 0.717) is 18.9 Å². The van der Waals surface area contributed by atoms with Gasteiger partial charge in [-0.1, -0.05) is 12.2 Å². The summed E-state index contributed by atoms with van der Waals surface area (Å²) < 4.78 is 0. The van der Waals surface area contributed by atoms with Crippen molar-refractivity contribution in [1.29, 1.82) is 0 Å². The number of hydrogen-bond donors (Lipinski definition) is 2. The molecule has 0 aromatic carbocycles. The second kappa shape index (κ2) is 4.42. The van der Waals surface area contributed by atoms with E-state index in [0.717, 1.165) is 5.57 Å². The fourth-order valence-corrected chi connectivity index (χ4v) is 1.23. The molecule has 3 N–H and O–H groups in total. The molecule has 1 aliphatic carbocycles. The lowest BCUT2D eigenvalue weighted by atomic mass is 10.1. The van der Waals surface area contributed by atoms with E-state index in [4.69, 9.17) is 5.73 Å². The van der Waals surface area contributed by atoms with E-state index in [1.807, 2.05) is 6.92 Å². The van der Waals surface area contributed by atoms with Gasteiger partial charge in [-0.3, -0.25) is 4.79 Å². The molecular formula is C10H18N2O. The summed E-state index contributed by atoms with van der Waals surface area (Å²) >= 11 is 0. The van der Waals surface area contributed by atoms with Crippen molar-refractivity contribution in [2.24, 2.45) is 11.7 Å². The van der Waals surface area contributed by atoms with E-state index < -0.39 is 0 Å². The molecule has 1 fully saturated rings. The third kappa shape index (κ3) is 4.08. The van der Waals surface area contributed by atoms with E-state index in [1.165, 1.54) is 12.8 Å². The zero-order valence-corrected chi connectivity index (χ0v) is 8.18. The van der Waals surface area contributed by atoms with Gasteiger partial charge in [0.25, 0.3) is 0 Å². The molecule has 1 saturated carbocycles. The molecule has 74 valence electrons. The number of carbonyl (C=O) groups excluding carboxylic acids is 1. The fourth-order valence-electron chi connectivity index (χ4n) is 1.23. The number of rotatable bonds is 5. The van der Waals surface area contributed by atoms with Gasteiger partial charge in [-0.25, -0.2) is 0 Å². The van der Waals surface area contributed by atoms with Crippen LogP contribution in [0.2, 0.25) is 0 Å². The molecule has 1 rings (SSSR count). The van der Waals surface area contributed by atoms with Gasteiger partial charge in [-0.05, 0) is 25.7 Å². The van der Waals surface area contributed by atoms with Crippen LogP contribution < -0.4 is 11.1 Å². The molecule has 0 aliphatic heterocycles. The number of nitrogens with two attached hydrogens (primary N) is 1. The molecule has 1 amide bonds. The summed E-state index contributed by atoms with van der Waals surface area (Å²) in [6.07, 6.45) is 2.84. The van der Waals surface area contributed by atoms with Crippen molar-refractivity contribution in [2.45, 2.75) is 32.2 Å². The summed E-state index contributed by atoms with van der Waals surface area (Å²) in [6.45, 7) is 6.16. The van der Waals surface area contributed by atoms with Gasteiger partial charge in [-0.15, -0.1) is 0 Å². The molecule has 0 aromatic rings. The largest absolute Gasteiger partial charge is 0.352 e. The first-order valence-corrected chi connectivity index (χ1v) is 4.76. The van der Waals surface area contributed by atoms with E-state index in [1.54, 1.807) is 0 Å². The van der Waals surface area contributed by atoms with Gasteiger partial charge >= 0.3 is 0 Å². The second-order valence-electron chi connectivity index (χ2n) is 3.94. The molecule has 0 saturated heterocycles. The summed E-state index contributed by atoms with van der Waals surface area (Å²) in [7, 11) is 0. The second-order valence-corrected chi connectivity index (χ2v) is 3.94. The first-order valence-electron chi connectivity index (χ1n) is 4.76. The van der Waals surface area contributed by atoms with Crippen LogP contribution in [-0.2, 0) is 4.79 Å². The Morgan fingerprint density at radius 2 is 2.31 bits per heavy atom. The standard InChI is InChI=1S/C10H18N2O/c1-7(2)6-12-10(13)5-9(11)8-3-4-8/h8-9H,1,3-6,11H2,2H3,(H,12,13). The summed E-state index contributed by atoms with van der Waals surface area (Å²) in [5, 5.41) is 2.78. The molecule has 0 bridgehead atoms. The zero-order valence-electron chi connectivity index (χ0n) is 8.18. The molecule has 0 spiro atoms. The van der Waals surface area contributed by atoms with Crippen molar-refractivity contribution in [3.8, 4) is 0 Å². The lowest BCUT2D eigenvalue weighted by Gasteiger charge is -2.10. The highest BCUT2D eigenvalue weighted by Crippen LogP contribution is 2.32. The summed E-state index contributed by atoms with van der Waals surface area (Å²) in [4.78, 5) is 11.3. The van der Waals surface area contributed by atoms with Crippen LogP contribution >= 0.6 is 0 Å². The Hall–Kier alpha value is -0.830. The maximum Gasteiger partial charge on any atom is 0.221 e. The molecule has 0 heterocycles. The normalized spacial score (nSPS) is 18.0. The SMILES string of the molecule is C=C(C)CNC(=O)CC(N)C1CC1. The predicted octanol–water partition coefficient (Wildman–Crippen LogP) is 0.806. The molecule has 1 aliphatic rings. The molecule has 1 atom stereocenters. The molecule has 0 aromatic heterocycles. The highest BCUT2D eigenvalue weighted by molar-refractivity contribution is 5.76. The van der Waals surface area contributed by atoms with E-state index >= 15 is 0 Å². The maximum absolute atomic E-state index is 11.3. The van der Waals surface area contributed by atoms with Gasteiger partial charge in [0, 0.05) is 19.0 Å². The lowest BCUT2D eigenvalue weighted by Crippen LogP contribution is -2.33. The monoisotopic (exact) mass is 182 g/mol. The Labute approximate surface area is 79.4 Å². The minimum absolute atomic E-state index is 0.0439. The molecule has 1 unspecified atom stereocenters. The van der Waals surface area contributed by atoms with E-state index in [2.05, 4.69) is 11.9 Å². The summed E-state index contributed by atoms with van der Waals surface area (Å²) in [6, 6.07) is 0.0603. The van der Waals surface area contributed by atoms with Gasteiger partial charge in [0.1, 0.15) is 0 Å². The van der Waals surface area contributed by atoms with Gasteiger partial charge in [0.2, 0.25) is 5.91 Å². The third-order valence-electron chi connectivity index (χ3n) is 2.24. The number of amides is 1. The zero-order chi connectivity index (χ0) is 9.84. The molecular weight excluding hydrogens is 164 g/mol. The Bertz CT molecular complexity index is 209. The quantitative estimate of drug-likeness (QED) is 0.618. The number of hydrogen-bond acceptors (Lipinski definition) is 2. The van der Waals surface area contributed by atoms with Gasteiger partial charge < -0.3 is 11.1 Å². The van der Waals surface area contributed by atoms with Crippen molar-refractivity contribution in [2.75, 3.05) is 6.54 Å². The van der Waals surface area contributed by atoms with Crippen molar-refractivity contribution in [3.05, 3.63) is 12.2 Å². The summed E-state index contributed by atoms with van der Waals surface area (Å²) in [5.74, 6) is 0.637. The fraction of sp³-hybridized carbons (Fsp3) is 0.700. The van der Waals surface area contributed by atoms with Gasteiger partial charge in [0.05, 0.1) is 0 Å². The topological polar surface area (TPSA) is 55.1 Å². The third-order valence-corrected chi connectivity index (χ3v) is 2.24. The van der Waals surface area contributed by atoms with Gasteiger partial charge in [-0.2, -0.15) is 0 Å². The molecule has 3 heteroatoms. The molecule has 3 nitrogen and oxygen atoms in total. The lowest BCUT2D eigenvalue weighted by molar-refractivity contribution is -0.121. The first kappa shape index (κ1) is 10.3. The maximum atomic E-state index is 11.3. The Morgan fingerprint density at radius 1 is 1.69 bits per heavy atom. The van der Waals surface area contributed by atoms with Crippen LogP contribution in [0.5, 0.6) is 0 Å². The van der Waals surface area contributed by atoms with Crippen LogP contribution in [-0.4, -0.2) is 18.5 Å². The Balaban J connectivity index is 2.12. The van der Waals surface area contributed by atoms with Crippen LogP contribution in [0.15, 0.2) is 12.2 Å². The molecule has 0 radical (unpaired) electrons. The highest BCUT2D eigenvalue weighted by Gasteiger charge is 2.29. The van der Waals surface area contributed by atoms with Crippen LogP contribution in [0.3, 0.4) is 0 Å². The predicted molar refractivity (Wildman–Crippen MR) is 53.1 cm³/mol. The van der Waals surface area contributed by atoms with Crippen LogP contribution in [0, 0.1) is 5.92 Å². The smallest absolute Gasteiger partial charge is 0.221 e. The Morgan fingerprint density at radius 3 is 2.77 bits per heavy atom. The van der Waals surface area contributed by atoms with Crippen molar-refractivity contribution < 1.29 is 4.79 Å². The van der Waals surface area contributed by atoms with Gasteiger partial charge in [0.15, 0.2) is 0 Å². The van der Waals surface area contributed by atoms with E-state index in [-0.39, 0.29) is 11.9 Å². The summed E-state index contributed by atoms with van der Waals surface area (Å²) in [5.41, 5.74) is 6.77. The number of carbonyl (C=O) groups is 1. The van der Waals surface area contributed by atoms with Crippen LogP contribution in [0.1, 0.15) is 26.2 Å². The number of nitrogens with one attached hydrogen (secondary N) is 1. The highest BCUT2D eigenvalue weighted by atomic mass is 16.1. The first-order chi connectivity index (χ1) is 6.09. The van der Waals surface area contributed by atoms with Crippen LogP contribution in [0.25, 0.3) is 0 Å². The van der Waals surface area contributed by atoms with Crippen molar-refractivity contribution >= 4 is 5.91 Å². The minimum Gasteiger partial charge on any atom is -0.352 e. The van der Waals surface area contributed by atoms with Crippen molar-refractivity contribution in [3.63, 3.8) is 0 Å². The average Bonchev–Trinajstić information content (AvgIpc) is 2.82. The van der Waals surface area contributed by atoms with Crippen molar-refractivity contribution in [1.82, 2.24) is 5.32 Å². The van der Waals surface area contributed by atoms with E-state index in [9.17, 15) is 4.79 Å². The van der Waals surface area contributed by atoms with Crippen LogP contribution in [0.4, 0.5) is 0 Å². The molecule has 13 heavy (non-hydrogen) atoms. The minimum atomic E-state index is 0.0439.